The van der Waals surface area contributed by atoms with Gasteiger partial charge in [-0.3, -0.25) is 0 Å². The first-order valence-electron chi connectivity index (χ1n) is 2.53. The Labute approximate surface area is 60.4 Å². The molecule has 0 saturated carbocycles. The van der Waals surface area contributed by atoms with Crippen molar-refractivity contribution in [3.05, 3.63) is 16.0 Å². The van der Waals surface area contributed by atoms with Crippen LogP contribution in [0, 0.1) is 15.8 Å². The Balaban J connectivity index is 3.59. The molecular weight excluding hydrogens is 152 g/mol. The monoisotopic (exact) mass is 157 g/mol. The zero-order valence-electron chi connectivity index (χ0n) is 5.31. The minimum atomic E-state index is -0.894. The van der Waals surface area contributed by atoms with E-state index in [-0.39, 0.29) is 9.46 Å². The molecule has 1 aromatic heterocycles. The summed E-state index contributed by atoms with van der Waals surface area (Å²) in [7, 11) is 0. The van der Waals surface area contributed by atoms with Crippen LogP contribution in [-0.4, -0.2) is 9.71 Å². The Morgan fingerprint density at radius 3 is 2.64 bits per heavy atom. The van der Waals surface area contributed by atoms with E-state index in [1.165, 1.54) is 0 Å². The molecule has 1 rings (SSSR count). The van der Waals surface area contributed by atoms with Gasteiger partial charge in [0.1, 0.15) is 0 Å². The smallest absolute Gasteiger partial charge is 0.321 e. The summed E-state index contributed by atoms with van der Waals surface area (Å²) >= 11 is 0. The summed E-state index contributed by atoms with van der Waals surface area (Å²) < 4.78 is -0.243. The molecule has 0 amide bonds. The molecule has 0 fully saturated rings. The summed E-state index contributed by atoms with van der Waals surface area (Å²) in [6, 6.07) is 0. The van der Waals surface area contributed by atoms with E-state index in [4.69, 9.17) is 16.9 Å². The molecule has 11 heavy (non-hydrogen) atoms. The minimum Gasteiger partial charge on any atom is -0.763 e. The number of anilines is 2. The van der Waals surface area contributed by atoms with Crippen molar-refractivity contribution in [3.63, 3.8) is 0 Å². The van der Waals surface area contributed by atoms with E-state index >= 15 is 0 Å². The zero-order valence-corrected chi connectivity index (χ0v) is 5.31. The second-order valence-corrected chi connectivity index (χ2v) is 1.74. The molecule has 8 nitrogen and oxygen atoms in total. The minimum absolute atomic E-state index is 0.122. The predicted octanol–water partition coefficient (Wildman–Crippen LogP) is -2.49. The number of nitrogen functional groups attached to an aromatic ring is 2. The maximum Gasteiger partial charge on any atom is 0.321 e. The van der Waals surface area contributed by atoms with Crippen molar-refractivity contribution in [1.29, 1.82) is 5.41 Å². The van der Waals surface area contributed by atoms with Crippen molar-refractivity contribution in [2.24, 2.45) is 0 Å². The zero-order chi connectivity index (χ0) is 8.59. The van der Waals surface area contributed by atoms with Crippen LogP contribution in [0.15, 0.2) is 0 Å². The number of nitrogens with two attached hydrogens (primary N) is 2. The average molecular weight is 157 g/mol. The van der Waals surface area contributed by atoms with E-state index in [1.54, 1.807) is 0 Å². The van der Waals surface area contributed by atoms with Gasteiger partial charge in [0.25, 0.3) is 5.95 Å². The van der Waals surface area contributed by atoms with Crippen molar-refractivity contribution in [1.82, 2.24) is 9.71 Å². The molecule has 0 aliphatic rings. The number of nitrogens with zero attached hydrogens (tertiary/aromatic N) is 3. The molecule has 5 N–H and O–H groups in total. The fraction of sp³-hybridized carbons (Fsp3) is 0. The second-order valence-electron chi connectivity index (χ2n) is 1.74. The van der Waals surface area contributed by atoms with Gasteiger partial charge in [-0.2, -0.15) is 5.41 Å². The van der Waals surface area contributed by atoms with Gasteiger partial charge in [-0.25, -0.2) is 9.46 Å². The van der Waals surface area contributed by atoms with Crippen LogP contribution in [-0.2, 0) is 0 Å². The van der Waals surface area contributed by atoms with Crippen molar-refractivity contribution >= 4 is 11.9 Å². The summed E-state index contributed by atoms with van der Waals surface area (Å²) in [6.45, 7) is 0. The van der Waals surface area contributed by atoms with Crippen LogP contribution >= 0.6 is 0 Å². The molecule has 0 bridgehead atoms. The molecule has 0 spiro atoms. The Hall–Kier alpha value is -1.99. The van der Waals surface area contributed by atoms with E-state index in [1.807, 2.05) is 0 Å². The third-order valence-corrected chi connectivity index (χ3v) is 1.03. The van der Waals surface area contributed by atoms with E-state index < -0.39 is 17.5 Å². The lowest BCUT2D eigenvalue weighted by molar-refractivity contribution is -0.617. The molecular formula is C3H5N6O2-. The number of hydrogen-bond acceptors (Lipinski definition) is 6. The normalized spacial score (nSPS) is 9.82. The fourth-order valence-electron chi connectivity index (χ4n) is 0.508. The van der Waals surface area contributed by atoms with Crippen LogP contribution in [0.1, 0.15) is 0 Å². The highest BCUT2D eigenvalue weighted by atomic mass is 16.5. The van der Waals surface area contributed by atoms with E-state index in [9.17, 15) is 10.4 Å². The van der Waals surface area contributed by atoms with Crippen LogP contribution in [0.3, 0.4) is 0 Å². The summed E-state index contributed by atoms with van der Waals surface area (Å²) in [4.78, 5) is 3.17. The molecule has 0 aliphatic carbocycles. The molecule has 60 valence electrons. The number of rotatable bonds is 0. The van der Waals surface area contributed by atoms with Crippen LogP contribution in [0.25, 0.3) is 0 Å². The Bertz CT molecular complexity index is 313. The van der Waals surface area contributed by atoms with Crippen LogP contribution in [0.4, 0.5) is 11.9 Å². The van der Waals surface area contributed by atoms with Gasteiger partial charge in [0.05, 0.1) is 0 Å². The van der Waals surface area contributed by atoms with Crippen molar-refractivity contribution in [2.45, 2.75) is 0 Å². The second kappa shape index (κ2) is 2.01. The molecule has 0 atom stereocenters. The Kier molecular flexibility index (Phi) is 1.30. The van der Waals surface area contributed by atoms with Crippen LogP contribution in [0.2, 0.25) is 0 Å². The van der Waals surface area contributed by atoms with Gasteiger partial charge in [0, 0.05) is 0 Å². The quantitative estimate of drug-likeness (QED) is 0.281. The first-order chi connectivity index (χ1) is 5.04. The van der Waals surface area contributed by atoms with E-state index in [0.29, 0.717) is 0 Å². The lowest BCUT2D eigenvalue weighted by atomic mass is 10.9. The SMILES string of the molecule is N=c1n([O-])c(N)nc(N)[n+]1[O-]. The first-order valence-corrected chi connectivity index (χ1v) is 2.53. The standard InChI is InChI=1S/C3H5N6O2/c4-1-7-2(5)9(11)3(6)8(1)10/h6H,4H2,(H2,5,7)/q-1. The van der Waals surface area contributed by atoms with E-state index in [2.05, 4.69) is 4.98 Å². The molecule has 0 saturated heterocycles. The third kappa shape index (κ3) is 0.892. The van der Waals surface area contributed by atoms with Gasteiger partial charge in [-0.15, -0.1) is 0 Å². The number of hydrogen-bond donors (Lipinski definition) is 3. The first kappa shape index (κ1) is 7.12. The summed E-state index contributed by atoms with van der Waals surface area (Å²) in [5.74, 6) is -1.03. The third-order valence-electron chi connectivity index (χ3n) is 1.03. The van der Waals surface area contributed by atoms with Crippen molar-refractivity contribution < 1.29 is 4.73 Å². The summed E-state index contributed by atoms with van der Waals surface area (Å²) in [5.41, 5.74) is 9.06. The van der Waals surface area contributed by atoms with Gasteiger partial charge in [-0.05, 0) is 0 Å². The van der Waals surface area contributed by atoms with Gasteiger partial charge in [0.2, 0.25) is 0 Å². The van der Waals surface area contributed by atoms with Crippen molar-refractivity contribution in [3.8, 4) is 0 Å². The maximum absolute atomic E-state index is 10.6. The van der Waals surface area contributed by atoms with Gasteiger partial charge in [-0.1, -0.05) is 4.98 Å². The van der Waals surface area contributed by atoms with Crippen LogP contribution < -0.4 is 21.8 Å². The molecule has 0 aromatic carbocycles. The Morgan fingerprint density at radius 2 is 2.09 bits per heavy atom. The van der Waals surface area contributed by atoms with Crippen LogP contribution in [0.5, 0.6) is 0 Å². The van der Waals surface area contributed by atoms with Crippen molar-refractivity contribution in [2.75, 3.05) is 11.5 Å². The lowest BCUT2D eigenvalue weighted by Crippen LogP contribution is -2.52. The molecule has 1 heterocycles. The predicted molar refractivity (Wildman–Crippen MR) is 34.6 cm³/mol. The average Bonchev–Trinajstić information content (AvgIpc) is 1.97. The lowest BCUT2D eigenvalue weighted by Gasteiger charge is -2.13. The highest BCUT2D eigenvalue weighted by Crippen LogP contribution is 1.89. The molecule has 0 aliphatic heterocycles. The molecule has 0 radical (unpaired) electrons. The molecule has 1 aromatic rings. The van der Waals surface area contributed by atoms with Gasteiger partial charge in [0.15, 0.2) is 0 Å². The number of aromatic nitrogens is 3. The highest BCUT2D eigenvalue weighted by Gasteiger charge is 2.03. The highest BCUT2D eigenvalue weighted by molar-refractivity contribution is 5.21. The summed E-state index contributed by atoms with van der Waals surface area (Å²) in [5, 5.41) is 28.0. The summed E-state index contributed by atoms with van der Waals surface area (Å²) in [6.07, 6.45) is 0. The van der Waals surface area contributed by atoms with E-state index in [0.717, 1.165) is 0 Å². The maximum atomic E-state index is 10.6. The van der Waals surface area contributed by atoms with Gasteiger partial charge >= 0.3 is 11.6 Å². The Morgan fingerprint density at radius 1 is 1.55 bits per heavy atom. The molecule has 8 heteroatoms. The largest absolute Gasteiger partial charge is 0.763 e. The van der Waals surface area contributed by atoms with Gasteiger partial charge < -0.3 is 21.9 Å². The number of nitrogens with one attached hydrogen (secondary N) is 1. The molecule has 0 unspecified atom stereocenters. The fourth-order valence-corrected chi connectivity index (χ4v) is 0.508. The topological polar surface area (TPSA) is 144 Å².